The molecule has 140 valence electrons. The average Bonchev–Trinajstić information content (AvgIpc) is 3.08. The monoisotopic (exact) mass is 375 g/mol. The summed E-state index contributed by atoms with van der Waals surface area (Å²) in [5, 5.41) is 0.706. The SMILES string of the molecule is Cc1cc(N(C)C)nc(SCc2ccc(C(=O)N3CCN(C)CC3)o2)n1. The van der Waals surface area contributed by atoms with E-state index in [1.807, 2.05) is 43.0 Å². The molecule has 0 atom stereocenters. The summed E-state index contributed by atoms with van der Waals surface area (Å²) in [7, 11) is 5.98. The Bertz CT molecular complexity index is 769. The van der Waals surface area contributed by atoms with Crippen LogP contribution >= 0.6 is 11.8 Å². The first-order valence-corrected chi connectivity index (χ1v) is 9.63. The standard InChI is InChI=1S/C18H25N5O2S/c1-13-11-16(21(2)3)20-18(19-13)26-12-14-5-6-15(25-14)17(24)23-9-7-22(4)8-10-23/h5-6,11H,7-10,12H2,1-4H3. The third kappa shape index (κ3) is 4.56. The van der Waals surface area contributed by atoms with Gasteiger partial charge in [-0.15, -0.1) is 0 Å². The number of nitrogens with zero attached hydrogens (tertiary/aromatic N) is 5. The molecule has 2 aromatic heterocycles. The molecule has 0 unspecified atom stereocenters. The lowest BCUT2D eigenvalue weighted by atomic mass is 10.3. The molecule has 0 spiro atoms. The number of hydrogen-bond donors (Lipinski definition) is 0. The summed E-state index contributed by atoms with van der Waals surface area (Å²) in [6, 6.07) is 5.57. The molecular formula is C18H25N5O2S. The van der Waals surface area contributed by atoms with E-state index in [0.29, 0.717) is 16.7 Å². The number of hydrogen-bond acceptors (Lipinski definition) is 7. The Kier molecular flexibility index (Phi) is 5.83. The van der Waals surface area contributed by atoms with Crippen LogP contribution in [0.15, 0.2) is 27.8 Å². The smallest absolute Gasteiger partial charge is 0.289 e. The molecular weight excluding hydrogens is 350 g/mol. The highest BCUT2D eigenvalue weighted by molar-refractivity contribution is 7.98. The lowest BCUT2D eigenvalue weighted by Crippen LogP contribution is -2.47. The predicted molar refractivity (Wildman–Crippen MR) is 103 cm³/mol. The summed E-state index contributed by atoms with van der Waals surface area (Å²) in [4.78, 5) is 27.5. The molecule has 1 saturated heterocycles. The van der Waals surface area contributed by atoms with Gasteiger partial charge in [0.15, 0.2) is 10.9 Å². The van der Waals surface area contributed by atoms with Gasteiger partial charge in [0.25, 0.3) is 5.91 Å². The summed E-state index contributed by atoms with van der Waals surface area (Å²) in [5.41, 5.74) is 0.927. The number of furan rings is 1. The fraction of sp³-hybridized carbons (Fsp3) is 0.500. The number of carbonyl (C=O) groups excluding carboxylic acids is 1. The maximum atomic E-state index is 12.5. The Morgan fingerprint density at radius 2 is 1.96 bits per heavy atom. The number of anilines is 1. The van der Waals surface area contributed by atoms with Crippen LogP contribution in [0.3, 0.4) is 0 Å². The first-order chi connectivity index (χ1) is 12.4. The largest absolute Gasteiger partial charge is 0.455 e. The molecule has 26 heavy (non-hydrogen) atoms. The Hall–Kier alpha value is -2.06. The minimum atomic E-state index is -0.0314. The molecule has 0 aromatic carbocycles. The maximum Gasteiger partial charge on any atom is 0.289 e. The number of rotatable bonds is 5. The van der Waals surface area contributed by atoms with Crippen LogP contribution in [0, 0.1) is 6.92 Å². The average molecular weight is 375 g/mol. The summed E-state index contributed by atoms with van der Waals surface area (Å²) in [5.74, 6) is 2.60. The zero-order valence-corrected chi connectivity index (χ0v) is 16.5. The normalized spacial score (nSPS) is 15.3. The van der Waals surface area contributed by atoms with E-state index >= 15 is 0 Å². The van der Waals surface area contributed by atoms with E-state index in [1.54, 1.807) is 6.07 Å². The second-order valence-electron chi connectivity index (χ2n) is 6.69. The van der Waals surface area contributed by atoms with Gasteiger partial charge in [-0.1, -0.05) is 11.8 Å². The number of thioether (sulfide) groups is 1. The molecule has 2 aromatic rings. The van der Waals surface area contributed by atoms with Gasteiger partial charge in [-0.3, -0.25) is 4.79 Å². The van der Waals surface area contributed by atoms with Crippen LogP contribution in [-0.4, -0.2) is 73.0 Å². The Labute approximate surface area is 158 Å². The topological polar surface area (TPSA) is 65.7 Å². The molecule has 0 radical (unpaired) electrons. The quantitative estimate of drug-likeness (QED) is 0.586. The van der Waals surface area contributed by atoms with Gasteiger partial charge in [-0.2, -0.15) is 0 Å². The molecule has 0 saturated carbocycles. The third-order valence-electron chi connectivity index (χ3n) is 4.28. The number of piperazine rings is 1. The lowest BCUT2D eigenvalue weighted by Gasteiger charge is -2.31. The van der Waals surface area contributed by atoms with Gasteiger partial charge in [-0.05, 0) is 26.1 Å². The predicted octanol–water partition coefficient (Wildman–Crippen LogP) is 2.12. The Morgan fingerprint density at radius 1 is 1.23 bits per heavy atom. The number of likely N-dealkylation sites (N-methyl/N-ethyl adjacent to an activating group) is 1. The van der Waals surface area contributed by atoms with Crippen LogP contribution in [0.2, 0.25) is 0 Å². The van der Waals surface area contributed by atoms with Crippen molar-refractivity contribution >= 4 is 23.5 Å². The maximum absolute atomic E-state index is 12.5. The molecule has 1 fully saturated rings. The van der Waals surface area contributed by atoms with Crippen LogP contribution in [0.25, 0.3) is 0 Å². The van der Waals surface area contributed by atoms with Gasteiger partial charge in [-0.25, -0.2) is 9.97 Å². The fourth-order valence-corrected chi connectivity index (χ4v) is 3.48. The number of aromatic nitrogens is 2. The van der Waals surface area contributed by atoms with Gasteiger partial charge < -0.3 is 19.1 Å². The van der Waals surface area contributed by atoms with E-state index in [1.165, 1.54) is 11.8 Å². The van der Waals surface area contributed by atoms with Crippen molar-refractivity contribution in [1.29, 1.82) is 0 Å². The number of aryl methyl sites for hydroxylation is 1. The van der Waals surface area contributed by atoms with E-state index in [-0.39, 0.29) is 5.91 Å². The van der Waals surface area contributed by atoms with Gasteiger partial charge >= 0.3 is 0 Å². The van der Waals surface area contributed by atoms with Crippen LogP contribution in [0.4, 0.5) is 5.82 Å². The highest BCUT2D eigenvalue weighted by Gasteiger charge is 2.22. The molecule has 0 N–H and O–H groups in total. The van der Waals surface area contributed by atoms with Crippen molar-refractivity contribution in [2.75, 3.05) is 52.2 Å². The molecule has 3 heterocycles. The Balaban J connectivity index is 1.61. The molecule has 0 aliphatic carbocycles. The highest BCUT2D eigenvalue weighted by atomic mass is 32.2. The molecule has 7 nitrogen and oxygen atoms in total. The lowest BCUT2D eigenvalue weighted by molar-refractivity contribution is 0.0631. The van der Waals surface area contributed by atoms with Gasteiger partial charge in [0.2, 0.25) is 0 Å². The van der Waals surface area contributed by atoms with Crippen molar-refractivity contribution in [2.45, 2.75) is 17.8 Å². The second-order valence-corrected chi connectivity index (χ2v) is 7.64. The van der Waals surface area contributed by atoms with Crippen LogP contribution in [0.5, 0.6) is 0 Å². The van der Waals surface area contributed by atoms with E-state index in [2.05, 4.69) is 21.9 Å². The van der Waals surface area contributed by atoms with Gasteiger partial charge in [0, 0.05) is 52.0 Å². The molecule has 1 amide bonds. The number of carbonyl (C=O) groups is 1. The van der Waals surface area contributed by atoms with E-state index < -0.39 is 0 Å². The van der Waals surface area contributed by atoms with Crippen LogP contribution < -0.4 is 4.90 Å². The first kappa shape index (κ1) is 18.7. The van der Waals surface area contributed by atoms with E-state index in [9.17, 15) is 4.79 Å². The van der Waals surface area contributed by atoms with Crippen molar-refractivity contribution in [3.8, 4) is 0 Å². The summed E-state index contributed by atoms with van der Waals surface area (Å²) >= 11 is 1.51. The summed E-state index contributed by atoms with van der Waals surface area (Å²) in [6.07, 6.45) is 0. The first-order valence-electron chi connectivity index (χ1n) is 8.64. The summed E-state index contributed by atoms with van der Waals surface area (Å²) < 4.78 is 5.76. The molecule has 1 aliphatic rings. The van der Waals surface area contributed by atoms with Crippen molar-refractivity contribution in [2.24, 2.45) is 0 Å². The zero-order chi connectivity index (χ0) is 18.7. The highest BCUT2D eigenvalue weighted by Crippen LogP contribution is 2.23. The van der Waals surface area contributed by atoms with Crippen molar-refractivity contribution in [3.05, 3.63) is 35.4 Å². The van der Waals surface area contributed by atoms with E-state index in [0.717, 1.165) is 43.5 Å². The summed E-state index contributed by atoms with van der Waals surface area (Å²) in [6.45, 7) is 5.23. The van der Waals surface area contributed by atoms with Gasteiger partial charge in [0.05, 0.1) is 5.75 Å². The second kappa shape index (κ2) is 8.09. The fourth-order valence-electron chi connectivity index (χ4n) is 2.69. The Morgan fingerprint density at radius 3 is 2.65 bits per heavy atom. The minimum absolute atomic E-state index is 0.0314. The third-order valence-corrected chi connectivity index (χ3v) is 5.15. The van der Waals surface area contributed by atoms with Crippen molar-refractivity contribution in [1.82, 2.24) is 19.8 Å². The number of amides is 1. The van der Waals surface area contributed by atoms with Crippen LogP contribution in [-0.2, 0) is 5.75 Å². The van der Waals surface area contributed by atoms with E-state index in [4.69, 9.17) is 4.42 Å². The minimum Gasteiger partial charge on any atom is -0.455 e. The molecule has 8 heteroatoms. The molecule has 3 rings (SSSR count). The van der Waals surface area contributed by atoms with Crippen LogP contribution in [0.1, 0.15) is 22.0 Å². The van der Waals surface area contributed by atoms with Gasteiger partial charge in [0.1, 0.15) is 11.6 Å². The van der Waals surface area contributed by atoms with Crippen molar-refractivity contribution < 1.29 is 9.21 Å². The molecule has 1 aliphatic heterocycles. The van der Waals surface area contributed by atoms with Crippen molar-refractivity contribution in [3.63, 3.8) is 0 Å². The molecule has 0 bridgehead atoms. The zero-order valence-electron chi connectivity index (χ0n) is 15.7.